The first kappa shape index (κ1) is 37.7. The minimum atomic E-state index is -1.54. The van der Waals surface area contributed by atoms with E-state index in [0.717, 1.165) is 44.3 Å². The third-order valence-electron chi connectivity index (χ3n) is 9.39. The lowest BCUT2D eigenvalue weighted by Gasteiger charge is -2.30. The van der Waals surface area contributed by atoms with Gasteiger partial charge in [0, 0.05) is 36.9 Å². The quantitative estimate of drug-likeness (QED) is 0.0543. The van der Waals surface area contributed by atoms with E-state index in [2.05, 4.69) is 21.3 Å². The Morgan fingerprint density at radius 1 is 0.784 bits per heavy atom. The van der Waals surface area contributed by atoms with E-state index in [-0.39, 0.29) is 35.5 Å². The highest BCUT2D eigenvalue weighted by atomic mass is 32.2. The summed E-state index contributed by atoms with van der Waals surface area (Å²) in [5.74, 6) is 0.534. The number of aliphatic hydroxyl groups is 1. The predicted octanol–water partition coefficient (Wildman–Crippen LogP) is 4.96. The average molecular weight is 717 g/mol. The Labute approximate surface area is 303 Å². The van der Waals surface area contributed by atoms with Gasteiger partial charge in [0.1, 0.15) is 11.4 Å². The monoisotopic (exact) mass is 716 g/mol. The van der Waals surface area contributed by atoms with Crippen LogP contribution in [-0.2, 0) is 15.2 Å². The molecule has 272 valence electrons. The normalized spacial score (nSPS) is 18.9. The van der Waals surface area contributed by atoms with Crippen LogP contribution in [0.1, 0.15) is 84.8 Å². The van der Waals surface area contributed by atoms with E-state index >= 15 is 0 Å². The van der Waals surface area contributed by atoms with E-state index in [1.807, 2.05) is 54.2 Å². The van der Waals surface area contributed by atoms with Crippen molar-refractivity contribution in [1.82, 2.24) is 21.3 Å². The number of amides is 4. The molecule has 0 aromatic heterocycles. The first-order chi connectivity index (χ1) is 24.7. The number of ether oxygens (including phenoxy) is 1. The molecule has 3 aromatic carbocycles. The van der Waals surface area contributed by atoms with E-state index < -0.39 is 11.6 Å². The minimum Gasteiger partial charge on any atom is -0.494 e. The van der Waals surface area contributed by atoms with Crippen LogP contribution >= 0.6 is 11.8 Å². The summed E-state index contributed by atoms with van der Waals surface area (Å²) in [6.07, 6.45) is 6.78. The fourth-order valence-corrected chi connectivity index (χ4v) is 8.14. The molecular weight excluding hydrogens is 669 g/mol. The van der Waals surface area contributed by atoms with Crippen molar-refractivity contribution in [3.8, 4) is 5.75 Å². The van der Waals surface area contributed by atoms with Gasteiger partial charge in [-0.05, 0) is 73.1 Å². The number of thioether (sulfide) groups is 1. The molecule has 3 aromatic rings. The van der Waals surface area contributed by atoms with Crippen LogP contribution in [0.3, 0.4) is 0 Å². The van der Waals surface area contributed by atoms with Gasteiger partial charge in [0.2, 0.25) is 11.8 Å². The highest BCUT2D eigenvalue weighted by Crippen LogP contribution is 2.38. The van der Waals surface area contributed by atoms with Crippen LogP contribution in [0.25, 0.3) is 0 Å². The number of hydrogen-bond acceptors (Lipinski definition) is 7. The molecule has 11 nitrogen and oxygen atoms in total. The molecule has 4 atom stereocenters. The van der Waals surface area contributed by atoms with E-state index in [1.54, 1.807) is 24.3 Å². The topological polar surface area (TPSA) is 166 Å². The van der Waals surface area contributed by atoms with Gasteiger partial charge in [-0.2, -0.15) is 11.8 Å². The third kappa shape index (κ3) is 10.5. The molecule has 0 aliphatic carbocycles. The van der Waals surface area contributed by atoms with Crippen LogP contribution < -0.4 is 26.0 Å². The van der Waals surface area contributed by atoms with Crippen LogP contribution in [-0.4, -0.2) is 76.8 Å². The predicted molar refractivity (Wildman–Crippen MR) is 197 cm³/mol. The Morgan fingerprint density at radius 2 is 1.45 bits per heavy atom. The van der Waals surface area contributed by atoms with E-state index in [0.29, 0.717) is 66.6 Å². The van der Waals surface area contributed by atoms with Gasteiger partial charge in [0.15, 0.2) is 0 Å². The maximum absolute atomic E-state index is 12.3. The van der Waals surface area contributed by atoms with Crippen molar-refractivity contribution in [3.05, 3.63) is 101 Å². The first-order valence-electron chi connectivity index (χ1n) is 17.8. The van der Waals surface area contributed by atoms with Gasteiger partial charge >= 0.3 is 12.0 Å². The fourth-order valence-electron chi connectivity index (χ4n) is 6.60. The molecule has 3 unspecified atom stereocenters. The van der Waals surface area contributed by atoms with Gasteiger partial charge in [-0.1, -0.05) is 67.4 Å². The summed E-state index contributed by atoms with van der Waals surface area (Å²) in [5.41, 5.74) is 0.343. The van der Waals surface area contributed by atoms with E-state index in [1.165, 1.54) is 12.1 Å². The van der Waals surface area contributed by atoms with Crippen molar-refractivity contribution < 1.29 is 34.1 Å². The molecule has 5 rings (SSSR count). The number of urea groups is 1. The fraction of sp³-hybridized carbons (Fsp3) is 0.436. The summed E-state index contributed by atoms with van der Waals surface area (Å²) >= 11 is 1.89. The van der Waals surface area contributed by atoms with Crippen LogP contribution in [0, 0.1) is 0 Å². The van der Waals surface area contributed by atoms with Gasteiger partial charge in [-0.3, -0.25) is 9.59 Å². The molecule has 2 saturated heterocycles. The van der Waals surface area contributed by atoms with Crippen molar-refractivity contribution in [1.29, 1.82) is 0 Å². The second kappa shape index (κ2) is 18.6. The molecule has 0 bridgehead atoms. The average Bonchev–Trinajstić information content (AvgIpc) is 3.70. The number of rotatable bonds is 20. The molecule has 0 saturated carbocycles. The maximum Gasteiger partial charge on any atom is 0.335 e. The van der Waals surface area contributed by atoms with Gasteiger partial charge in [-0.25, -0.2) is 9.59 Å². The molecule has 6 N–H and O–H groups in total. The largest absolute Gasteiger partial charge is 0.494 e. The van der Waals surface area contributed by atoms with Crippen LogP contribution in [0.5, 0.6) is 5.75 Å². The number of carboxylic acids is 1. The van der Waals surface area contributed by atoms with Crippen molar-refractivity contribution in [2.24, 2.45) is 0 Å². The van der Waals surface area contributed by atoms with Crippen LogP contribution in [0.4, 0.5) is 4.79 Å². The Kier molecular flexibility index (Phi) is 13.8. The van der Waals surface area contributed by atoms with Gasteiger partial charge in [-0.15, -0.1) is 0 Å². The summed E-state index contributed by atoms with van der Waals surface area (Å²) in [4.78, 5) is 47.4. The zero-order valence-electron chi connectivity index (χ0n) is 28.8. The van der Waals surface area contributed by atoms with Crippen molar-refractivity contribution in [3.63, 3.8) is 0 Å². The number of benzene rings is 3. The van der Waals surface area contributed by atoms with Crippen molar-refractivity contribution in [2.45, 2.75) is 80.7 Å². The highest BCUT2D eigenvalue weighted by Gasteiger charge is 2.42. The Balaban J connectivity index is 0.936. The number of carbonyl (C=O) groups is 4. The lowest BCUT2D eigenvalue weighted by molar-refractivity contribution is -0.122. The Morgan fingerprint density at radius 3 is 2.18 bits per heavy atom. The van der Waals surface area contributed by atoms with E-state index in [9.17, 15) is 29.4 Å². The first-order valence-corrected chi connectivity index (χ1v) is 18.9. The van der Waals surface area contributed by atoms with Gasteiger partial charge < -0.3 is 36.2 Å². The van der Waals surface area contributed by atoms with Crippen molar-refractivity contribution >= 4 is 35.6 Å². The number of carboxylic acid groups (broad SMARTS) is 1. The van der Waals surface area contributed by atoms with Gasteiger partial charge in [0.25, 0.3) is 0 Å². The number of carbonyl (C=O) groups excluding carboxylic acids is 3. The third-order valence-corrected chi connectivity index (χ3v) is 10.9. The molecule has 0 radical (unpaired) electrons. The molecule has 4 amide bonds. The molecular formula is C39H48N4O7S. The van der Waals surface area contributed by atoms with Crippen molar-refractivity contribution in [2.75, 3.05) is 25.4 Å². The molecule has 2 fully saturated rings. The summed E-state index contributed by atoms with van der Waals surface area (Å²) in [6, 6.07) is 23.0. The standard InChI is InChI=1S/C39H48N4O7S/c44-34(16-5-2-8-22-40-35(45)17-7-6-15-33-36-32(26-51-33)42-38(48)43-36)41-23-10-24-50-31-14-9-13-30(25-31)39(49,28-11-3-1-4-12-28)29-20-18-27(19-21-29)37(46)47/h1,3-4,9,11-14,18-21,25,32-33,36,49H,2,5-8,10,15-17,22-24,26H2,(H,40,45)(H,41,44)(H,46,47)(H2,42,43,48)/t32?,33-,36?,39?/m1/s1. The Bertz CT molecular complexity index is 1620. The summed E-state index contributed by atoms with van der Waals surface area (Å²) in [6.45, 7) is 1.46. The molecule has 2 heterocycles. The lowest BCUT2D eigenvalue weighted by Crippen LogP contribution is -2.36. The smallest absolute Gasteiger partial charge is 0.335 e. The Hall–Kier alpha value is -4.55. The molecule has 0 spiro atoms. The zero-order chi connectivity index (χ0) is 36.1. The minimum absolute atomic E-state index is 0.0115. The molecule has 51 heavy (non-hydrogen) atoms. The number of unbranched alkanes of at least 4 members (excludes halogenated alkanes) is 3. The molecule has 12 heteroatoms. The molecule has 2 aliphatic heterocycles. The number of nitrogens with one attached hydrogen (secondary N) is 4. The zero-order valence-corrected chi connectivity index (χ0v) is 29.6. The maximum atomic E-state index is 12.3. The second-order valence-corrected chi connectivity index (χ2v) is 14.3. The highest BCUT2D eigenvalue weighted by molar-refractivity contribution is 8.00. The molecule has 2 aliphatic rings. The summed E-state index contributed by atoms with van der Waals surface area (Å²) < 4.78 is 5.97. The van der Waals surface area contributed by atoms with Crippen LogP contribution in [0.2, 0.25) is 0 Å². The lowest BCUT2D eigenvalue weighted by atomic mass is 9.80. The summed E-state index contributed by atoms with van der Waals surface area (Å²) in [5, 5.41) is 33.7. The number of aromatic carboxylic acids is 1. The number of fused-ring (bicyclic) bond motifs is 1. The van der Waals surface area contributed by atoms with E-state index in [4.69, 9.17) is 4.74 Å². The summed E-state index contributed by atoms with van der Waals surface area (Å²) in [7, 11) is 0. The van der Waals surface area contributed by atoms with Gasteiger partial charge in [0.05, 0.1) is 24.3 Å². The van der Waals surface area contributed by atoms with Crippen LogP contribution in [0.15, 0.2) is 78.9 Å². The number of hydrogen-bond donors (Lipinski definition) is 6. The SMILES string of the molecule is O=C(CCCC[C@H]1SCC2NC(=O)NC21)NCCCCCC(=O)NCCCOc1cccc(C(O)(c2ccccc2)c2ccc(C(=O)O)cc2)c1. The second-order valence-electron chi connectivity index (χ2n) is 13.1.